The lowest BCUT2D eigenvalue weighted by atomic mass is 10.1. The molecule has 2 N–H and O–H groups in total. The van der Waals surface area contributed by atoms with Gasteiger partial charge in [-0.25, -0.2) is 4.79 Å². The van der Waals surface area contributed by atoms with Crippen LogP contribution in [-0.4, -0.2) is 35.0 Å². The van der Waals surface area contributed by atoms with Gasteiger partial charge in [0.15, 0.2) is 5.17 Å². The Labute approximate surface area is 130 Å². The summed E-state index contributed by atoms with van der Waals surface area (Å²) >= 11 is 1.00. The monoisotopic (exact) mass is 319 g/mol. The molecule has 0 bridgehead atoms. The van der Waals surface area contributed by atoms with E-state index in [9.17, 15) is 14.7 Å². The Morgan fingerprint density at radius 1 is 1.36 bits per heavy atom. The number of phenols is 1. The number of ether oxygens (including phenoxy) is 1. The van der Waals surface area contributed by atoms with Crippen LogP contribution in [0.1, 0.15) is 12.5 Å². The first-order valence-corrected chi connectivity index (χ1v) is 7.01. The third kappa shape index (κ3) is 3.95. The van der Waals surface area contributed by atoms with Gasteiger partial charge in [-0.05, 0) is 48.5 Å². The fourth-order valence-corrected chi connectivity index (χ4v) is 2.25. The van der Waals surface area contributed by atoms with Gasteiger partial charge in [-0.2, -0.15) is 5.10 Å². The Bertz CT molecular complexity index is 693. The smallest absolute Gasteiger partial charge is 0.331 e. The van der Waals surface area contributed by atoms with Crippen molar-refractivity contribution >= 4 is 34.5 Å². The lowest BCUT2D eigenvalue weighted by Gasteiger charge is -1.98. The van der Waals surface area contributed by atoms with Crippen LogP contribution in [0.2, 0.25) is 0 Å². The highest BCUT2D eigenvalue weighted by Crippen LogP contribution is 2.23. The summed E-state index contributed by atoms with van der Waals surface area (Å²) in [6.07, 6.45) is 1.10. The molecule has 0 atom stereocenters. The zero-order valence-electron chi connectivity index (χ0n) is 11.9. The second-order valence-electron chi connectivity index (χ2n) is 4.23. The van der Waals surface area contributed by atoms with Crippen LogP contribution in [0, 0.1) is 0 Å². The summed E-state index contributed by atoms with van der Waals surface area (Å²) in [6, 6.07) is 6.50. The molecule has 0 aliphatic carbocycles. The van der Waals surface area contributed by atoms with E-state index in [-0.39, 0.29) is 15.8 Å². The number of hydrogen-bond donors (Lipinski definition) is 2. The Kier molecular flexibility index (Phi) is 4.95. The number of nitrogens with zero attached hydrogens (tertiary/aromatic N) is 2. The van der Waals surface area contributed by atoms with Gasteiger partial charge in [-0.3, -0.25) is 10.1 Å². The second-order valence-corrected chi connectivity index (χ2v) is 5.26. The number of carbonyl (C=O) groups excluding carboxylic acids is 2. The number of methoxy groups -OCH3 is 1. The normalized spacial score (nSPS) is 18.6. The lowest BCUT2D eigenvalue weighted by molar-refractivity contribution is -0.135. The molecule has 2 rings (SSSR count). The van der Waals surface area contributed by atoms with E-state index in [0.717, 1.165) is 23.4 Å². The van der Waals surface area contributed by atoms with Crippen molar-refractivity contribution in [3.8, 4) is 5.75 Å². The Morgan fingerprint density at radius 3 is 2.68 bits per heavy atom. The van der Waals surface area contributed by atoms with Crippen LogP contribution in [0.3, 0.4) is 0 Å². The summed E-state index contributed by atoms with van der Waals surface area (Å²) in [7, 11) is 1.23. The minimum Gasteiger partial charge on any atom is -0.508 e. The number of carbonyl (C=O) groups is 2. The van der Waals surface area contributed by atoms with E-state index in [1.54, 1.807) is 31.2 Å². The number of esters is 1. The van der Waals surface area contributed by atoms with E-state index >= 15 is 0 Å². The molecule has 0 radical (unpaired) electrons. The molecule has 1 heterocycles. The molecule has 0 spiro atoms. The highest BCUT2D eigenvalue weighted by atomic mass is 32.2. The van der Waals surface area contributed by atoms with Crippen molar-refractivity contribution in [2.45, 2.75) is 6.92 Å². The molecule has 0 saturated carbocycles. The Morgan fingerprint density at radius 2 is 2.05 bits per heavy atom. The van der Waals surface area contributed by atoms with Gasteiger partial charge in [0.25, 0.3) is 5.91 Å². The molecular weight excluding hydrogens is 306 g/mol. The summed E-state index contributed by atoms with van der Waals surface area (Å²) < 4.78 is 4.46. The van der Waals surface area contributed by atoms with Gasteiger partial charge in [0.2, 0.25) is 0 Å². The number of phenolic OH excluding ortho intramolecular Hbond substituents is 1. The topological polar surface area (TPSA) is 100 Å². The molecule has 22 heavy (non-hydrogen) atoms. The van der Waals surface area contributed by atoms with Gasteiger partial charge in [-0.15, -0.1) is 5.10 Å². The molecule has 1 aromatic carbocycles. The van der Waals surface area contributed by atoms with Crippen molar-refractivity contribution in [3.05, 3.63) is 40.8 Å². The van der Waals surface area contributed by atoms with E-state index in [0.29, 0.717) is 5.71 Å². The number of aromatic hydroxyl groups is 1. The van der Waals surface area contributed by atoms with Crippen molar-refractivity contribution in [3.63, 3.8) is 0 Å². The maximum absolute atomic E-state index is 11.6. The molecule has 7 nitrogen and oxygen atoms in total. The van der Waals surface area contributed by atoms with E-state index in [1.165, 1.54) is 7.11 Å². The average molecular weight is 319 g/mol. The molecule has 114 valence electrons. The summed E-state index contributed by atoms with van der Waals surface area (Å²) in [6.45, 7) is 1.75. The SMILES string of the molecule is COC(=O)/C=C1\S/C(=N\N=C(/C)c2ccc(O)cc2)NC1=O. The molecule has 1 aliphatic heterocycles. The fraction of sp³-hybridized carbons (Fsp3) is 0.143. The van der Waals surface area contributed by atoms with Crippen molar-refractivity contribution in [2.24, 2.45) is 10.2 Å². The number of thioether (sulfide) groups is 1. The first-order chi connectivity index (χ1) is 10.5. The van der Waals surface area contributed by atoms with Gasteiger partial charge >= 0.3 is 5.97 Å². The van der Waals surface area contributed by atoms with Gasteiger partial charge in [0.1, 0.15) is 5.75 Å². The first kappa shape index (κ1) is 15.8. The number of hydrogen-bond acceptors (Lipinski definition) is 7. The summed E-state index contributed by atoms with van der Waals surface area (Å²) in [5, 5.41) is 20.0. The number of nitrogens with one attached hydrogen (secondary N) is 1. The number of benzene rings is 1. The summed E-state index contributed by atoms with van der Waals surface area (Å²) in [4.78, 5) is 22.9. The third-order valence-corrected chi connectivity index (χ3v) is 3.58. The van der Waals surface area contributed by atoms with Crippen molar-refractivity contribution in [1.29, 1.82) is 0 Å². The van der Waals surface area contributed by atoms with E-state index < -0.39 is 11.9 Å². The molecule has 0 aromatic heterocycles. The Balaban J connectivity index is 2.12. The van der Waals surface area contributed by atoms with Crippen LogP contribution in [0.5, 0.6) is 5.75 Å². The van der Waals surface area contributed by atoms with Crippen molar-refractivity contribution < 1.29 is 19.4 Å². The number of rotatable bonds is 3. The van der Waals surface area contributed by atoms with E-state index in [1.807, 2.05) is 0 Å². The zero-order chi connectivity index (χ0) is 16.1. The minimum absolute atomic E-state index is 0.166. The number of amidine groups is 1. The molecule has 1 aromatic rings. The minimum atomic E-state index is -0.609. The summed E-state index contributed by atoms with van der Waals surface area (Å²) in [5.74, 6) is -0.867. The maximum atomic E-state index is 11.6. The van der Waals surface area contributed by atoms with Gasteiger partial charge in [0.05, 0.1) is 17.7 Å². The largest absolute Gasteiger partial charge is 0.508 e. The highest BCUT2D eigenvalue weighted by molar-refractivity contribution is 8.18. The predicted octanol–water partition coefficient (Wildman–Crippen LogP) is 1.39. The van der Waals surface area contributed by atoms with Crippen molar-refractivity contribution in [1.82, 2.24) is 5.32 Å². The first-order valence-electron chi connectivity index (χ1n) is 6.20. The van der Waals surface area contributed by atoms with Crippen LogP contribution < -0.4 is 5.32 Å². The fourth-order valence-electron chi connectivity index (χ4n) is 1.52. The molecule has 1 saturated heterocycles. The quantitative estimate of drug-likeness (QED) is 0.379. The zero-order valence-corrected chi connectivity index (χ0v) is 12.7. The number of amides is 1. The van der Waals surface area contributed by atoms with E-state index in [2.05, 4.69) is 20.3 Å². The third-order valence-electron chi connectivity index (χ3n) is 2.68. The molecular formula is C14H13N3O4S. The summed E-state index contributed by atoms with van der Waals surface area (Å²) in [5.41, 5.74) is 1.41. The van der Waals surface area contributed by atoms with E-state index in [4.69, 9.17) is 0 Å². The van der Waals surface area contributed by atoms with Gasteiger partial charge in [-0.1, -0.05) is 0 Å². The molecule has 1 aliphatic rings. The van der Waals surface area contributed by atoms with Crippen LogP contribution in [0.15, 0.2) is 45.4 Å². The standard InChI is InChI=1S/C14H13N3O4S/c1-8(9-3-5-10(18)6-4-9)16-17-14-15-13(20)11(22-14)7-12(19)21-2/h3-7,18H,1-2H3,(H,15,17,20)/b11-7-,16-8+. The van der Waals surface area contributed by atoms with Crippen LogP contribution in [-0.2, 0) is 14.3 Å². The molecule has 8 heteroatoms. The van der Waals surface area contributed by atoms with Crippen molar-refractivity contribution in [2.75, 3.05) is 7.11 Å². The molecule has 0 unspecified atom stereocenters. The second kappa shape index (κ2) is 6.90. The maximum Gasteiger partial charge on any atom is 0.331 e. The average Bonchev–Trinajstić information content (AvgIpc) is 2.85. The van der Waals surface area contributed by atoms with Crippen LogP contribution in [0.4, 0.5) is 0 Å². The predicted molar refractivity (Wildman–Crippen MR) is 83.6 cm³/mol. The Hall–Kier alpha value is -2.61. The van der Waals surface area contributed by atoms with Gasteiger partial charge < -0.3 is 9.84 Å². The molecule has 1 amide bonds. The molecule has 1 fully saturated rings. The highest BCUT2D eigenvalue weighted by Gasteiger charge is 2.25. The van der Waals surface area contributed by atoms with Crippen LogP contribution in [0.25, 0.3) is 0 Å². The lowest BCUT2D eigenvalue weighted by Crippen LogP contribution is -2.19. The van der Waals surface area contributed by atoms with Gasteiger partial charge in [0, 0.05) is 6.08 Å². The van der Waals surface area contributed by atoms with Crippen LogP contribution >= 0.6 is 11.8 Å².